The average molecular weight is 475 g/mol. The van der Waals surface area contributed by atoms with E-state index in [1.165, 1.54) is 11.5 Å². The normalized spacial score (nSPS) is 13.1. The van der Waals surface area contributed by atoms with E-state index in [1.807, 2.05) is 72.8 Å². The summed E-state index contributed by atoms with van der Waals surface area (Å²) >= 11 is 0. The van der Waals surface area contributed by atoms with E-state index in [0.29, 0.717) is 5.69 Å². The van der Waals surface area contributed by atoms with E-state index < -0.39 is 0 Å². The van der Waals surface area contributed by atoms with Gasteiger partial charge in [0.25, 0.3) is 0 Å². The third-order valence-corrected chi connectivity index (χ3v) is 5.59. The second-order valence-electron chi connectivity index (χ2n) is 7.92. The monoisotopic (exact) mass is 474 g/mol. The molecule has 1 heterocycles. The fraction of sp³-hybridized carbons (Fsp3) is 0.185. The SMILES string of the molecule is Cl.O=C(Nc1ccc2ccccc2c1)NC1CCNCC1.O=C=Nc1ccc2ccccc2c1. The van der Waals surface area contributed by atoms with Crippen LogP contribution in [0.25, 0.3) is 21.5 Å². The van der Waals surface area contributed by atoms with Crippen LogP contribution in [0.4, 0.5) is 16.2 Å². The average Bonchev–Trinajstić information content (AvgIpc) is 2.85. The molecule has 174 valence electrons. The highest BCUT2D eigenvalue weighted by Crippen LogP contribution is 2.20. The molecule has 0 aliphatic carbocycles. The predicted molar refractivity (Wildman–Crippen MR) is 141 cm³/mol. The summed E-state index contributed by atoms with van der Waals surface area (Å²) in [7, 11) is 0. The minimum atomic E-state index is -0.118. The summed E-state index contributed by atoms with van der Waals surface area (Å²) in [4.78, 5) is 25.5. The summed E-state index contributed by atoms with van der Waals surface area (Å²) in [5.74, 6) is 0. The van der Waals surface area contributed by atoms with Gasteiger partial charge in [0.15, 0.2) is 0 Å². The number of anilines is 1. The van der Waals surface area contributed by atoms with Gasteiger partial charge in [-0.3, -0.25) is 0 Å². The van der Waals surface area contributed by atoms with E-state index in [-0.39, 0.29) is 24.5 Å². The minimum absolute atomic E-state index is 0. The Kier molecular flexibility index (Phi) is 9.18. The smallest absolute Gasteiger partial charge is 0.319 e. The Morgan fingerprint density at radius 1 is 0.824 bits per heavy atom. The van der Waals surface area contributed by atoms with Crippen molar-refractivity contribution < 1.29 is 9.59 Å². The van der Waals surface area contributed by atoms with Gasteiger partial charge in [0, 0.05) is 11.7 Å². The van der Waals surface area contributed by atoms with Crippen molar-refractivity contribution in [3.8, 4) is 0 Å². The van der Waals surface area contributed by atoms with Gasteiger partial charge >= 0.3 is 6.03 Å². The molecule has 34 heavy (non-hydrogen) atoms. The molecule has 1 aliphatic rings. The van der Waals surface area contributed by atoms with E-state index >= 15 is 0 Å². The lowest BCUT2D eigenvalue weighted by Crippen LogP contribution is -2.44. The zero-order valence-electron chi connectivity index (χ0n) is 18.7. The Morgan fingerprint density at radius 2 is 1.41 bits per heavy atom. The highest BCUT2D eigenvalue weighted by molar-refractivity contribution is 5.93. The van der Waals surface area contributed by atoms with Crippen molar-refractivity contribution in [2.45, 2.75) is 18.9 Å². The first kappa shape index (κ1) is 24.9. The Labute approximate surface area is 204 Å². The van der Waals surface area contributed by atoms with Gasteiger partial charge in [-0.05, 0) is 71.7 Å². The van der Waals surface area contributed by atoms with E-state index in [9.17, 15) is 9.59 Å². The van der Waals surface area contributed by atoms with Crippen LogP contribution in [-0.4, -0.2) is 31.2 Å². The molecule has 7 heteroatoms. The first-order chi connectivity index (χ1) is 16.2. The van der Waals surface area contributed by atoms with Gasteiger partial charge in [-0.2, -0.15) is 4.99 Å². The number of aliphatic imine (C=N–C) groups is 1. The number of urea groups is 1. The van der Waals surface area contributed by atoms with Crippen molar-refractivity contribution in [1.29, 1.82) is 0 Å². The first-order valence-corrected chi connectivity index (χ1v) is 11.0. The van der Waals surface area contributed by atoms with Crippen molar-refractivity contribution in [3.05, 3.63) is 84.9 Å². The zero-order chi connectivity index (χ0) is 22.9. The molecule has 3 N–H and O–H groups in total. The summed E-state index contributed by atoms with van der Waals surface area (Å²) in [5.41, 5.74) is 1.48. The molecule has 6 nitrogen and oxygen atoms in total. The number of isocyanates is 1. The number of benzene rings is 4. The number of fused-ring (bicyclic) bond motifs is 2. The fourth-order valence-corrected chi connectivity index (χ4v) is 3.88. The highest BCUT2D eigenvalue weighted by atomic mass is 35.5. The lowest BCUT2D eigenvalue weighted by atomic mass is 10.1. The number of amides is 2. The van der Waals surface area contributed by atoms with Crippen LogP contribution < -0.4 is 16.0 Å². The molecule has 1 saturated heterocycles. The highest BCUT2D eigenvalue weighted by Gasteiger charge is 2.15. The van der Waals surface area contributed by atoms with Gasteiger partial charge in [-0.25, -0.2) is 9.59 Å². The summed E-state index contributed by atoms with van der Waals surface area (Å²) in [6, 6.07) is 27.8. The van der Waals surface area contributed by atoms with Crippen molar-refractivity contribution in [3.63, 3.8) is 0 Å². The third-order valence-electron chi connectivity index (χ3n) is 5.59. The van der Waals surface area contributed by atoms with Crippen LogP contribution in [0, 0.1) is 0 Å². The Bertz CT molecular complexity index is 1300. The van der Waals surface area contributed by atoms with Gasteiger partial charge < -0.3 is 16.0 Å². The molecule has 5 rings (SSSR count). The van der Waals surface area contributed by atoms with Crippen molar-refractivity contribution in [2.24, 2.45) is 4.99 Å². The van der Waals surface area contributed by atoms with Gasteiger partial charge in [0.2, 0.25) is 6.08 Å². The van der Waals surface area contributed by atoms with Crippen LogP contribution in [0.5, 0.6) is 0 Å². The van der Waals surface area contributed by atoms with Gasteiger partial charge in [-0.1, -0.05) is 60.7 Å². The molecule has 4 aromatic rings. The number of rotatable bonds is 3. The Morgan fingerprint density at radius 3 is 2.06 bits per heavy atom. The quantitative estimate of drug-likeness (QED) is 0.254. The van der Waals surface area contributed by atoms with E-state index in [2.05, 4.69) is 27.0 Å². The molecule has 2 amide bonds. The number of hydrogen-bond donors (Lipinski definition) is 3. The maximum atomic E-state index is 12.0. The topological polar surface area (TPSA) is 82.6 Å². The van der Waals surface area contributed by atoms with E-state index in [1.54, 1.807) is 6.07 Å². The van der Waals surface area contributed by atoms with Crippen LogP contribution >= 0.6 is 12.4 Å². The number of carbonyl (C=O) groups is 1. The second-order valence-corrected chi connectivity index (χ2v) is 7.92. The van der Waals surface area contributed by atoms with Crippen LogP contribution in [0.15, 0.2) is 89.9 Å². The van der Waals surface area contributed by atoms with Gasteiger partial charge in [0.05, 0.1) is 5.69 Å². The number of hydrogen-bond acceptors (Lipinski definition) is 4. The van der Waals surface area contributed by atoms with Crippen LogP contribution in [0.2, 0.25) is 0 Å². The number of halogens is 1. The Balaban J connectivity index is 0.000000201. The molecule has 0 unspecified atom stereocenters. The Hall–Kier alpha value is -3.70. The van der Waals surface area contributed by atoms with Crippen molar-refractivity contribution >= 4 is 57.4 Å². The molecule has 1 aliphatic heterocycles. The summed E-state index contributed by atoms with van der Waals surface area (Å²) in [6.45, 7) is 1.95. The van der Waals surface area contributed by atoms with Crippen LogP contribution in [-0.2, 0) is 4.79 Å². The van der Waals surface area contributed by atoms with Crippen LogP contribution in [0.1, 0.15) is 12.8 Å². The van der Waals surface area contributed by atoms with Crippen LogP contribution in [0.3, 0.4) is 0 Å². The minimum Gasteiger partial charge on any atom is -0.335 e. The standard InChI is InChI=1S/C16H19N3O.C11H7NO.ClH/c20-16(18-14-7-9-17-10-8-14)19-15-6-5-12-3-1-2-4-13(12)11-15;13-8-12-11-6-5-9-3-1-2-4-10(9)7-11;/h1-6,11,14,17H,7-10H2,(H2,18,19,20);1-7H;1H. The molecule has 0 spiro atoms. The van der Waals surface area contributed by atoms with Crippen molar-refractivity contribution in [1.82, 2.24) is 10.6 Å². The third kappa shape index (κ3) is 6.90. The number of nitrogens with zero attached hydrogens (tertiary/aromatic N) is 1. The van der Waals surface area contributed by atoms with Gasteiger partial charge in [0.1, 0.15) is 0 Å². The van der Waals surface area contributed by atoms with Gasteiger partial charge in [-0.15, -0.1) is 12.4 Å². The molecule has 0 atom stereocenters. The van der Waals surface area contributed by atoms with E-state index in [0.717, 1.165) is 47.8 Å². The largest absolute Gasteiger partial charge is 0.335 e. The summed E-state index contributed by atoms with van der Waals surface area (Å²) in [6.07, 6.45) is 3.51. The maximum Gasteiger partial charge on any atom is 0.319 e. The second kappa shape index (κ2) is 12.5. The number of piperidine rings is 1. The predicted octanol–water partition coefficient (Wildman–Crippen LogP) is 5.94. The molecule has 0 saturated carbocycles. The maximum absolute atomic E-state index is 12.0. The molecular weight excluding hydrogens is 448 g/mol. The summed E-state index contributed by atoms with van der Waals surface area (Å²) < 4.78 is 0. The molecule has 1 fully saturated rings. The lowest BCUT2D eigenvalue weighted by molar-refractivity contribution is 0.245. The lowest BCUT2D eigenvalue weighted by Gasteiger charge is -2.23. The molecule has 4 aromatic carbocycles. The zero-order valence-corrected chi connectivity index (χ0v) is 19.5. The molecule has 0 radical (unpaired) electrons. The van der Waals surface area contributed by atoms with Crippen molar-refractivity contribution in [2.75, 3.05) is 18.4 Å². The number of nitrogens with one attached hydrogen (secondary N) is 3. The summed E-state index contributed by atoms with van der Waals surface area (Å²) in [5, 5.41) is 13.8. The van der Waals surface area contributed by atoms with E-state index in [4.69, 9.17) is 0 Å². The first-order valence-electron chi connectivity index (χ1n) is 11.0. The fourth-order valence-electron chi connectivity index (χ4n) is 3.88. The molecule has 0 aromatic heterocycles. The molecular formula is C27H27ClN4O2. The molecule has 0 bridgehead atoms. The number of carbonyl (C=O) groups excluding carboxylic acids is 2.